The van der Waals surface area contributed by atoms with E-state index in [1.807, 2.05) is 12.1 Å². The van der Waals surface area contributed by atoms with Gasteiger partial charge < -0.3 is 0 Å². The molecule has 19 heavy (non-hydrogen) atoms. The van der Waals surface area contributed by atoms with Gasteiger partial charge in [0.15, 0.2) is 0 Å². The van der Waals surface area contributed by atoms with Crippen molar-refractivity contribution < 1.29 is 4.39 Å². The summed E-state index contributed by atoms with van der Waals surface area (Å²) in [5.74, 6) is -0.210. The van der Waals surface area contributed by atoms with Crippen LogP contribution in [0.15, 0.2) is 40.2 Å². The molecule has 2 rings (SSSR count). The summed E-state index contributed by atoms with van der Waals surface area (Å²) in [7, 11) is 0. The van der Waals surface area contributed by atoms with Crippen LogP contribution in [0.25, 0.3) is 0 Å². The minimum Gasteiger partial charge on any atom is -0.292 e. The monoisotopic (exact) mass is 341 g/mol. The maximum Gasteiger partial charge on any atom is 0.137 e. The van der Waals surface area contributed by atoms with Crippen molar-refractivity contribution >= 4 is 27.3 Å². The van der Waals surface area contributed by atoms with Gasteiger partial charge in [-0.25, -0.2) is 4.39 Å². The van der Waals surface area contributed by atoms with Gasteiger partial charge in [-0.2, -0.15) is 0 Å². The van der Waals surface area contributed by atoms with Crippen LogP contribution in [0.4, 0.5) is 4.39 Å². The standard InChI is InChI=1S/C15H17BrFNS/c1-11(2)18(10-13-4-3-7-19-13)9-12-5-6-15(17)14(16)8-12/h3-8,11H,9-10H2,1-2H3. The molecule has 0 aliphatic carbocycles. The molecule has 0 aliphatic heterocycles. The van der Waals surface area contributed by atoms with E-state index in [2.05, 4.69) is 52.2 Å². The first-order valence-corrected chi connectivity index (χ1v) is 7.94. The summed E-state index contributed by atoms with van der Waals surface area (Å²) in [5.41, 5.74) is 1.12. The smallest absolute Gasteiger partial charge is 0.137 e. The van der Waals surface area contributed by atoms with Crippen molar-refractivity contribution in [3.63, 3.8) is 0 Å². The summed E-state index contributed by atoms with van der Waals surface area (Å²) in [5, 5.41) is 2.10. The van der Waals surface area contributed by atoms with Crippen LogP contribution in [-0.2, 0) is 13.1 Å². The number of thiophene rings is 1. The van der Waals surface area contributed by atoms with E-state index < -0.39 is 0 Å². The first kappa shape index (κ1) is 14.7. The van der Waals surface area contributed by atoms with E-state index in [0.29, 0.717) is 10.5 Å². The lowest BCUT2D eigenvalue weighted by Crippen LogP contribution is -2.29. The van der Waals surface area contributed by atoms with Gasteiger partial charge in [0.1, 0.15) is 5.82 Å². The van der Waals surface area contributed by atoms with E-state index in [1.165, 1.54) is 10.9 Å². The van der Waals surface area contributed by atoms with Gasteiger partial charge in [-0.15, -0.1) is 11.3 Å². The Labute approximate surface area is 126 Å². The van der Waals surface area contributed by atoms with Crippen molar-refractivity contribution in [3.8, 4) is 0 Å². The van der Waals surface area contributed by atoms with Crippen LogP contribution in [0.1, 0.15) is 24.3 Å². The number of nitrogens with zero attached hydrogens (tertiary/aromatic N) is 1. The third kappa shape index (κ3) is 4.13. The van der Waals surface area contributed by atoms with Gasteiger partial charge in [-0.1, -0.05) is 12.1 Å². The fraction of sp³-hybridized carbons (Fsp3) is 0.333. The number of hydrogen-bond donors (Lipinski definition) is 0. The SMILES string of the molecule is CC(C)N(Cc1ccc(F)c(Br)c1)Cc1cccs1. The second-order valence-corrected chi connectivity index (χ2v) is 6.71. The van der Waals surface area contributed by atoms with Gasteiger partial charge in [0.2, 0.25) is 0 Å². The maximum atomic E-state index is 13.2. The van der Waals surface area contributed by atoms with Crippen LogP contribution < -0.4 is 0 Å². The molecule has 0 amide bonds. The summed E-state index contributed by atoms with van der Waals surface area (Å²) < 4.78 is 13.8. The van der Waals surface area contributed by atoms with Crippen molar-refractivity contribution in [1.29, 1.82) is 0 Å². The van der Waals surface area contributed by atoms with Gasteiger partial charge >= 0.3 is 0 Å². The van der Waals surface area contributed by atoms with Gasteiger partial charge in [0.25, 0.3) is 0 Å². The third-order valence-electron chi connectivity index (χ3n) is 3.04. The van der Waals surface area contributed by atoms with Gasteiger partial charge in [0, 0.05) is 24.0 Å². The van der Waals surface area contributed by atoms with Crippen molar-refractivity contribution in [2.24, 2.45) is 0 Å². The molecular weight excluding hydrogens is 325 g/mol. The highest BCUT2D eigenvalue weighted by atomic mass is 79.9. The fourth-order valence-corrected chi connectivity index (χ4v) is 3.05. The van der Waals surface area contributed by atoms with E-state index in [4.69, 9.17) is 0 Å². The average Bonchev–Trinajstić information content (AvgIpc) is 2.86. The van der Waals surface area contributed by atoms with E-state index >= 15 is 0 Å². The molecule has 0 spiro atoms. The summed E-state index contributed by atoms with van der Waals surface area (Å²) in [6.07, 6.45) is 0. The summed E-state index contributed by atoms with van der Waals surface area (Å²) in [6.45, 7) is 6.14. The highest BCUT2D eigenvalue weighted by Gasteiger charge is 2.12. The predicted molar refractivity (Wildman–Crippen MR) is 82.8 cm³/mol. The molecule has 0 bridgehead atoms. The van der Waals surface area contributed by atoms with E-state index in [9.17, 15) is 4.39 Å². The number of hydrogen-bond acceptors (Lipinski definition) is 2. The Balaban J connectivity index is 2.09. The van der Waals surface area contributed by atoms with Gasteiger partial charge in [-0.05, 0) is 58.9 Å². The number of halogens is 2. The van der Waals surface area contributed by atoms with Gasteiger partial charge in [-0.3, -0.25) is 4.90 Å². The summed E-state index contributed by atoms with van der Waals surface area (Å²) in [6, 6.07) is 9.91. The molecule has 102 valence electrons. The molecule has 1 nitrogen and oxygen atoms in total. The van der Waals surface area contributed by atoms with Crippen LogP contribution in [0, 0.1) is 5.82 Å². The Bertz CT molecular complexity index is 525. The second kappa shape index (κ2) is 6.64. The average molecular weight is 342 g/mol. The Morgan fingerprint density at radius 3 is 2.63 bits per heavy atom. The largest absolute Gasteiger partial charge is 0.292 e. The Morgan fingerprint density at radius 2 is 2.05 bits per heavy atom. The first-order valence-electron chi connectivity index (χ1n) is 6.26. The zero-order chi connectivity index (χ0) is 13.8. The molecule has 0 radical (unpaired) electrons. The lowest BCUT2D eigenvalue weighted by molar-refractivity contribution is 0.205. The predicted octanol–water partition coefficient (Wildman–Crippen LogP) is 5.06. The lowest BCUT2D eigenvalue weighted by atomic mass is 10.2. The second-order valence-electron chi connectivity index (χ2n) is 4.83. The van der Waals surface area contributed by atoms with Crippen molar-refractivity contribution in [2.75, 3.05) is 0 Å². The minimum absolute atomic E-state index is 0.210. The zero-order valence-electron chi connectivity index (χ0n) is 11.1. The molecule has 0 saturated heterocycles. The van der Waals surface area contributed by atoms with E-state index in [0.717, 1.165) is 18.7 Å². The highest BCUT2D eigenvalue weighted by molar-refractivity contribution is 9.10. The Kier molecular flexibility index (Phi) is 5.13. The molecule has 0 unspecified atom stereocenters. The minimum atomic E-state index is -0.210. The molecule has 0 atom stereocenters. The molecule has 2 aromatic rings. The van der Waals surface area contributed by atoms with Crippen LogP contribution >= 0.6 is 27.3 Å². The number of benzene rings is 1. The summed E-state index contributed by atoms with van der Waals surface area (Å²) in [4.78, 5) is 3.74. The molecular formula is C15H17BrFNS. The topological polar surface area (TPSA) is 3.24 Å². The molecule has 0 fully saturated rings. The fourth-order valence-electron chi connectivity index (χ4n) is 1.90. The summed E-state index contributed by atoms with van der Waals surface area (Å²) >= 11 is 5.02. The van der Waals surface area contributed by atoms with Crippen molar-refractivity contribution in [1.82, 2.24) is 4.90 Å². The molecule has 4 heteroatoms. The van der Waals surface area contributed by atoms with Gasteiger partial charge in [0.05, 0.1) is 4.47 Å². The van der Waals surface area contributed by atoms with E-state index in [1.54, 1.807) is 11.3 Å². The maximum absolute atomic E-state index is 13.2. The Hall–Kier alpha value is -0.710. The lowest BCUT2D eigenvalue weighted by Gasteiger charge is -2.26. The van der Waals surface area contributed by atoms with E-state index in [-0.39, 0.29) is 5.82 Å². The molecule has 1 aromatic carbocycles. The first-order chi connectivity index (χ1) is 9.06. The molecule has 0 N–H and O–H groups in total. The van der Waals surface area contributed by atoms with Crippen LogP contribution in [0.2, 0.25) is 0 Å². The van der Waals surface area contributed by atoms with Crippen LogP contribution in [0.5, 0.6) is 0 Å². The third-order valence-corrected chi connectivity index (χ3v) is 4.51. The zero-order valence-corrected chi connectivity index (χ0v) is 13.5. The van der Waals surface area contributed by atoms with Crippen LogP contribution in [-0.4, -0.2) is 10.9 Å². The normalized spacial score (nSPS) is 11.5. The molecule has 1 heterocycles. The quantitative estimate of drug-likeness (QED) is 0.734. The van der Waals surface area contributed by atoms with Crippen LogP contribution in [0.3, 0.4) is 0 Å². The Morgan fingerprint density at radius 1 is 1.26 bits per heavy atom. The molecule has 0 aliphatic rings. The van der Waals surface area contributed by atoms with Crippen molar-refractivity contribution in [3.05, 3.63) is 56.4 Å². The molecule has 1 aromatic heterocycles. The highest BCUT2D eigenvalue weighted by Crippen LogP contribution is 2.20. The van der Waals surface area contributed by atoms with Crippen molar-refractivity contribution in [2.45, 2.75) is 33.0 Å². The number of rotatable bonds is 5. The molecule has 0 saturated carbocycles.